The number of carbonyl (C=O) groups is 2. The van der Waals surface area contributed by atoms with Crippen molar-refractivity contribution in [1.29, 1.82) is 0 Å². The molecule has 1 N–H and O–H groups in total. The summed E-state index contributed by atoms with van der Waals surface area (Å²) >= 11 is 4.72. The van der Waals surface area contributed by atoms with Gasteiger partial charge in [0, 0.05) is 11.0 Å². The Kier molecular flexibility index (Phi) is 3.53. The van der Waals surface area contributed by atoms with Gasteiger partial charge in [0.25, 0.3) is 5.91 Å². The molecule has 1 saturated heterocycles. The highest BCUT2D eigenvalue weighted by Crippen LogP contribution is 2.31. The quantitative estimate of drug-likeness (QED) is 0.911. The molecule has 0 radical (unpaired) electrons. The molecule has 1 unspecified atom stereocenters. The number of likely N-dealkylation sites (tertiary alicyclic amines) is 1. The minimum absolute atomic E-state index is 0.181. The predicted molar refractivity (Wildman–Crippen MR) is 68.5 cm³/mol. The van der Waals surface area contributed by atoms with Crippen LogP contribution in [0.25, 0.3) is 0 Å². The Bertz CT molecular complexity index is 471. The molecule has 1 atom stereocenters. The molecule has 17 heavy (non-hydrogen) atoms. The van der Waals surface area contributed by atoms with Gasteiger partial charge in [-0.3, -0.25) is 4.79 Å². The van der Waals surface area contributed by atoms with Gasteiger partial charge in [-0.05, 0) is 46.6 Å². The van der Waals surface area contributed by atoms with Crippen molar-refractivity contribution in [2.24, 2.45) is 0 Å². The monoisotopic (exact) mass is 317 g/mol. The van der Waals surface area contributed by atoms with Crippen LogP contribution < -0.4 is 0 Å². The molecule has 0 aliphatic carbocycles. The van der Waals surface area contributed by atoms with Crippen LogP contribution in [0.15, 0.2) is 9.85 Å². The largest absolute Gasteiger partial charge is 0.480 e. The smallest absolute Gasteiger partial charge is 0.326 e. The van der Waals surface area contributed by atoms with Crippen molar-refractivity contribution in [3.8, 4) is 0 Å². The lowest BCUT2D eigenvalue weighted by Crippen LogP contribution is -2.40. The Balaban J connectivity index is 2.26. The first-order valence-electron chi connectivity index (χ1n) is 5.29. The first-order chi connectivity index (χ1) is 8.02. The van der Waals surface area contributed by atoms with Gasteiger partial charge < -0.3 is 10.0 Å². The van der Waals surface area contributed by atoms with Gasteiger partial charge in [0.15, 0.2) is 0 Å². The molecule has 0 spiro atoms. The zero-order valence-electron chi connectivity index (χ0n) is 9.27. The van der Waals surface area contributed by atoms with E-state index in [0.29, 0.717) is 17.8 Å². The number of carboxylic acid groups (broad SMARTS) is 1. The second-order valence-corrected chi connectivity index (χ2v) is 5.73. The number of hydrogen-bond acceptors (Lipinski definition) is 3. The number of thiophene rings is 1. The van der Waals surface area contributed by atoms with Gasteiger partial charge in [-0.15, -0.1) is 11.3 Å². The highest BCUT2D eigenvalue weighted by atomic mass is 79.9. The van der Waals surface area contributed by atoms with Gasteiger partial charge in [0.1, 0.15) is 10.9 Å². The maximum atomic E-state index is 12.2. The molecule has 92 valence electrons. The summed E-state index contributed by atoms with van der Waals surface area (Å²) in [6.45, 7) is 2.44. The van der Waals surface area contributed by atoms with Crippen LogP contribution in [-0.4, -0.2) is 34.5 Å². The summed E-state index contributed by atoms with van der Waals surface area (Å²) in [7, 11) is 0. The third kappa shape index (κ3) is 2.24. The van der Waals surface area contributed by atoms with E-state index in [1.165, 1.54) is 16.2 Å². The fourth-order valence-corrected chi connectivity index (χ4v) is 3.58. The molecule has 1 aromatic heterocycles. The Morgan fingerprint density at radius 2 is 2.29 bits per heavy atom. The highest BCUT2D eigenvalue weighted by Gasteiger charge is 2.35. The molecular formula is C11H12BrNO3S. The first kappa shape index (κ1) is 12.6. The topological polar surface area (TPSA) is 57.6 Å². The number of halogens is 1. The van der Waals surface area contributed by atoms with Crippen LogP contribution in [0.4, 0.5) is 0 Å². The van der Waals surface area contributed by atoms with E-state index >= 15 is 0 Å². The van der Waals surface area contributed by atoms with E-state index in [2.05, 4.69) is 15.9 Å². The molecule has 6 heteroatoms. The maximum Gasteiger partial charge on any atom is 0.326 e. The number of hydrogen-bond donors (Lipinski definition) is 1. The van der Waals surface area contributed by atoms with Crippen molar-refractivity contribution in [1.82, 2.24) is 4.90 Å². The van der Waals surface area contributed by atoms with Gasteiger partial charge >= 0.3 is 5.97 Å². The lowest BCUT2D eigenvalue weighted by atomic mass is 10.2. The molecule has 1 aliphatic heterocycles. The Morgan fingerprint density at radius 1 is 1.59 bits per heavy atom. The van der Waals surface area contributed by atoms with E-state index in [4.69, 9.17) is 5.11 Å². The van der Waals surface area contributed by atoms with Gasteiger partial charge in [0.05, 0.1) is 0 Å². The first-order valence-corrected chi connectivity index (χ1v) is 6.97. The minimum Gasteiger partial charge on any atom is -0.480 e. The molecule has 2 rings (SSSR count). The maximum absolute atomic E-state index is 12.2. The molecule has 0 saturated carbocycles. The summed E-state index contributed by atoms with van der Waals surface area (Å²) in [6, 6.07) is -0.670. The SMILES string of the molecule is Cc1csc(C(=O)N2CCCC2C(=O)O)c1Br. The van der Waals surface area contributed by atoms with Gasteiger partial charge in [-0.25, -0.2) is 4.79 Å². The summed E-state index contributed by atoms with van der Waals surface area (Å²) in [5, 5.41) is 10.9. The fraction of sp³-hybridized carbons (Fsp3) is 0.455. The van der Waals surface area contributed by atoms with Gasteiger partial charge in [-0.2, -0.15) is 0 Å². The van der Waals surface area contributed by atoms with Gasteiger partial charge in [0.2, 0.25) is 0 Å². The second kappa shape index (κ2) is 4.78. The molecule has 1 amide bonds. The molecule has 4 nitrogen and oxygen atoms in total. The number of carbonyl (C=O) groups excluding carboxylic acids is 1. The van der Waals surface area contributed by atoms with Crippen LogP contribution >= 0.6 is 27.3 Å². The standard InChI is InChI=1S/C11H12BrNO3S/c1-6-5-17-9(8(6)12)10(14)13-4-2-3-7(13)11(15)16/h5,7H,2-4H2,1H3,(H,15,16). The van der Waals surface area contributed by atoms with E-state index in [1.54, 1.807) is 0 Å². The van der Waals surface area contributed by atoms with Gasteiger partial charge in [-0.1, -0.05) is 0 Å². The van der Waals surface area contributed by atoms with Crippen molar-refractivity contribution in [3.05, 3.63) is 20.3 Å². The third-order valence-electron chi connectivity index (χ3n) is 2.89. The van der Waals surface area contributed by atoms with E-state index < -0.39 is 12.0 Å². The summed E-state index contributed by atoms with van der Waals surface area (Å²) in [5.41, 5.74) is 1.00. The van der Waals surface area contributed by atoms with Crippen LogP contribution in [0.1, 0.15) is 28.1 Å². The summed E-state index contributed by atoms with van der Waals surface area (Å²) in [4.78, 5) is 25.3. The lowest BCUT2D eigenvalue weighted by molar-refractivity contribution is -0.141. The molecule has 2 heterocycles. The van der Waals surface area contributed by atoms with E-state index in [-0.39, 0.29) is 5.91 Å². The number of aliphatic carboxylic acids is 1. The molecule has 0 bridgehead atoms. The molecule has 0 aromatic carbocycles. The third-order valence-corrected chi connectivity index (χ3v) is 5.26. The predicted octanol–water partition coefficient (Wildman–Crippen LogP) is 2.51. The average Bonchev–Trinajstić information content (AvgIpc) is 2.87. The zero-order valence-corrected chi connectivity index (χ0v) is 11.7. The molecular weight excluding hydrogens is 306 g/mol. The Labute approximate surface area is 111 Å². The number of amides is 1. The van der Waals surface area contributed by atoms with Crippen LogP contribution in [0.2, 0.25) is 0 Å². The minimum atomic E-state index is -0.916. The summed E-state index contributed by atoms with van der Waals surface area (Å²) in [5.74, 6) is -1.10. The summed E-state index contributed by atoms with van der Waals surface area (Å²) < 4.78 is 0.781. The lowest BCUT2D eigenvalue weighted by Gasteiger charge is -2.20. The van der Waals surface area contributed by atoms with Crippen molar-refractivity contribution < 1.29 is 14.7 Å². The van der Waals surface area contributed by atoms with Crippen molar-refractivity contribution in [2.75, 3.05) is 6.54 Å². The normalized spacial score (nSPS) is 19.6. The van der Waals surface area contributed by atoms with Crippen molar-refractivity contribution in [2.45, 2.75) is 25.8 Å². The van der Waals surface area contributed by atoms with E-state index in [1.807, 2.05) is 12.3 Å². The molecule has 1 aliphatic rings. The number of carboxylic acids is 1. The Morgan fingerprint density at radius 3 is 2.82 bits per heavy atom. The average molecular weight is 318 g/mol. The van der Waals surface area contributed by atoms with Crippen molar-refractivity contribution in [3.63, 3.8) is 0 Å². The van der Waals surface area contributed by atoms with Crippen molar-refractivity contribution >= 4 is 39.1 Å². The second-order valence-electron chi connectivity index (χ2n) is 4.06. The molecule has 1 fully saturated rings. The molecule has 1 aromatic rings. The number of rotatable bonds is 2. The van der Waals surface area contributed by atoms with Crippen LogP contribution in [0.3, 0.4) is 0 Å². The van der Waals surface area contributed by atoms with Crippen LogP contribution in [-0.2, 0) is 4.79 Å². The summed E-state index contributed by atoms with van der Waals surface area (Å²) in [6.07, 6.45) is 1.30. The number of aryl methyl sites for hydroxylation is 1. The highest BCUT2D eigenvalue weighted by molar-refractivity contribution is 9.10. The van der Waals surface area contributed by atoms with E-state index in [9.17, 15) is 9.59 Å². The zero-order chi connectivity index (χ0) is 12.6. The van der Waals surface area contributed by atoms with E-state index in [0.717, 1.165) is 16.5 Å². The fourth-order valence-electron chi connectivity index (χ4n) is 1.97. The Hall–Kier alpha value is -0.880. The number of nitrogens with zero attached hydrogens (tertiary/aromatic N) is 1. The van der Waals surface area contributed by atoms with Crippen LogP contribution in [0.5, 0.6) is 0 Å². The van der Waals surface area contributed by atoms with Crippen LogP contribution in [0, 0.1) is 6.92 Å².